The van der Waals surface area contributed by atoms with Gasteiger partial charge < -0.3 is 9.47 Å². The van der Waals surface area contributed by atoms with Crippen LogP contribution in [0.3, 0.4) is 0 Å². The number of ether oxygens (including phenoxy) is 2. The van der Waals surface area contributed by atoms with Crippen LogP contribution in [0.5, 0.6) is 11.5 Å². The van der Waals surface area contributed by atoms with E-state index < -0.39 is 0 Å². The Labute approximate surface area is 170 Å². The predicted octanol–water partition coefficient (Wildman–Crippen LogP) is 4.56. The summed E-state index contributed by atoms with van der Waals surface area (Å²) < 4.78 is 13.7. The van der Waals surface area contributed by atoms with Crippen LogP contribution < -0.4 is 15.0 Å². The Balaban J connectivity index is 1.45. The van der Waals surface area contributed by atoms with E-state index in [2.05, 4.69) is 27.8 Å². The third-order valence-electron chi connectivity index (χ3n) is 3.72. The number of nitrogens with zero attached hydrogens (tertiary/aromatic N) is 2. The minimum atomic E-state index is -0.0708. The SMILES string of the molecule is CCCOc1ccc(OCCSCc2cc(=O)n3cc(Br)ccc3n2)cc1. The van der Waals surface area contributed by atoms with Crippen molar-refractivity contribution in [3.63, 3.8) is 0 Å². The third kappa shape index (κ3) is 5.74. The minimum Gasteiger partial charge on any atom is -0.494 e. The van der Waals surface area contributed by atoms with Crippen molar-refractivity contribution >= 4 is 33.3 Å². The van der Waals surface area contributed by atoms with Gasteiger partial charge in [0.25, 0.3) is 5.56 Å². The van der Waals surface area contributed by atoms with Crippen molar-refractivity contribution in [2.75, 3.05) is 19.0 Å². The Kier molecular flexibility index (Phi) is 7.18. The topological polar surface area (TPSA) is 52.8 Å². The van der Waals surface area contributed by atoms with Crippen molar-refractivity contribution in [1.82, 2.24) is 9.38 Å². The quantitative estimate of drug-likeness (QED) is 0.449. The molecule has 0 aliphatic rings. The van der Waals surface area contributed by atoms with Crippen LogP contribution in [0.15, 0.2) is 57.9 Å². The summed E-state index contributed by atoms with van der Waals surface area (Å²) in [4.78, 5) is 16.7. The number of hydrogen-bond acceptors (Lipinski definition) is 5. The molecule has 0 aliphatic heterocycles. The highest BCUT2D eigenvalue weighted by molar-refractivity contribution is 9.10. The van der Waals surface area contributed by atoms with Gasteiger partial charge in [-0.15, -0.1) is 0 Å². The Morgan fingerprint density at radius 1 is 1.07 bits per heavy atom. The molecule has 7 heteroatoms. The lowest BCUT2D eigenvalue weighted by Crippen LogP contribution is -2.15. The largest absolute Gasteiger partial charge is 0.494 e. The Bertz CT molecular complexity index is 944. The lowest BCUT2D eigenvalue weighted by Gasteiger charge is -2.08. The lowest BCUT2D eigenvalue weighted by atomic mass is 10.3. The molecule has 142 valence electrons. The van der Waals surface area contributed by atoms with Crippen LogP contribution in [0, 0.1) is 0 Å². The van der Waals surface area contributed by atoms with Crippen molar-refractivity contribution in [3.8, 4) is 11.5 Å². The molecule has 2 aromatic heterocycles. The molecule has 27 heavy (non-hydrogen) atoms. The van der Waals surface area contributed by atoms with Crippen LogP contribution in [0.1, 0.15) is 19.0 Å². The molecule has 0 fully saturated rings. The Morgan fingerprint density at radius 2 is 1.78 bits per heavy atom. The Morgan fingerprint density at radius 3 is 2.48 bits per heavy atom. The average Bonchev–Trinajstić information content (AvgIpc) is 2.67. The number of pyridine rings is 1. The van der Waals surface area contributed by atoms with Gasteiger partial charge in [-0.2, -0.15) is 11.8 Å². The van der Waals surface area contributed by atoms with Gasteiger partial charge in [-0.1, -0.05) is 6.92 Å². The summed E-state index contributed by atoms with van der Waals surface area (Å²) in [5, 5.41) is 0. The second-order valence-electron chi connectivity index (χ2n) is 5.88. The van der Waals surface area contributed by atoms with E-state index in [-0.39, 0.29) is 5.56 Å². The molecule has 0 saturated heterocycles. The number of halogens is 1. The molecule has 1 aromatic carbocycles. The molecule has 0 radical (unpaired) electrons. The summed E-state index contributed by atoms with van der Waals surface area (Å²) in [6.45, 7) is 3.40. The maximum absolute atomic E-state index is 12.2. The van der Waals surface area contributed by atoms with Gasteiger partial charge >= 0.3 is 0 Å². The van der Waals surface area contributed by atoms with Gasteiger partial charge in [0.2, 0.25) is 0 Å². The molecule has 3 rings (SSSR count). The fourth-order valence-electron chi connectivity index (χ4n) is 2.45. The van der Waals surface area contributed by atoms with Crippen LogP contribution in [0.25, 0.3) is 5.65 Å². The molecule has 0 amide bonds. The van der Waals surface area contributed by atoms with E-state index in [0.717, 1.165) is 40.4 Å². The summed E-state index contributed by atoms with van der Waals surface area (Å²) in [6, 6.07) is 13.0. The van der Waals surface area contributed by atoms with Crippen LogP contribution in [-0.4, -0.2) is 28.4 Å². The number of aromatic nitrogens is 2. The van der Waals surface area contributed by atoms with E-state index >= 15 is 0 Å². The molecule has 0 unspecified atom stereocenters. The van der Waals surface area contributed by atoms with Gasteiger partial charge in [-0.3, -0.25) is 9.20 Å². The van der Waals surface area contributed by atoms with E-state index in [1.165, 1.54) is 4.40 Å². The van der Waals surface area contributed by atoms with E-state index in [4.69, 9.17) is 9.47 Å². The van der Waals surface area contributed by atoms with Crippen molar-refractivity contribution in [2.24, 2.45) is 0 Å². The first kappa shape index (κ1) is 19.8. The maximum Gasteiger partial charge on any atom is 0.258 e. The van der Waals surface area contributed by atoms with E-state index in [1.807, 2.05) is 36.4 Å². The third-order valence-corrected chi connectivity index (χ3v) is 5.14. The van der Waals surface area contributed by atoms with Gasteiger partial charge in [0, 0.05) is 28.2 Å². The summed E-state index contributed by atoms with van der Waals surface area (Å²) >= 11 is 5.06. The molecule has 0 spiro atoms. The zero-order valence-corrected chi connectivity index (χ0v) is 17.5. The van der Waals surface area contributed by atoms with E-state index in [1.54, 1.807) is 24.0 Å². The van der Waals surface area contributed by atoms with Crippen LogP contribution in [-0.2, 0) is 5.75 Å². The average molecular weight is 449 g/mol. The summed E-state index contributed by atoms with van der Waals surface area (Å²) in [7, 11) is 0. The molecule has 3 aromatic rings. The molecular weight excluding hydrogens is 428 g/mol. The van der Waals surface area contributed by atoms with Crippen molar-refractivity contribution in [2.45, 2.75) is 19.1 Å². The first-order valence-electron chi connectivity index (χ1n) is 8.77. The number of thioether (sulfide) groups is 1. The number of fused-ring (bicyclic) bond motifs is 1. The normalized spacial score (nSPS) is 10.9. The highest BCUT2D eigenvalue weighted by Crippen LogP contribution is 2.18. The molecule has 2 heterocycles. The van der Waals surface area contributed by atoms with E-state index in [9.17, 15) is 4.79 Å². The standard InChI is InChI=1S/C20H21BrN2O3S/c1-2-9-25-17-4-6-18(7-5-17)26-10-11-27-14-16-12-20(24)23-13-15(21)3-8-19(23)22-16/h3-8,12-13H,2,9-11,14H2,1H3. The van der Waals surface area contributed by atoms with Crippen LogP contribution in [0.2, 0.25) is 0 Å². The summed E-state index contributed by atoms with van der Waals surface area (Å²) in [5.41, 5.74) is 1.37. The maximum atomic E-state index is 12.2. The molecule has 5 nitrogen and oxygen atoms in total. The second kappa shape index (κ2) is 9.80. The summed E-state index contributed by atoms with van der Waals surface area (Å²) in [6.07, 6.45) is 2.72. The van der Waals surface area contributed by atoms with Crippen LogP contribution in [0.4, 0.5) is 0 Å². The second-order valence-corrected chi connectivity index (χ2v) is 7.90. The smallest absolute Gasteiger partial charge is 0.258 e. The number of benzene rings is 1. The molecule has 0 bridgehead atoms. The molecule has 0 N–H and O–H groups in total. The Hall–Kier alpha value is -1.99. The first-order chi connectivity index (χ1) is 13.2. The zero-order valence-electron chi connectivity index (χ0n) is 15.1. The predicted molar refractivity (Wildman–Crippen MR) is 113 cm³/mol. The van der Waals surface area contributed by atoms with Crippen molar-refractivity contribution in [3.05, 3.63) is 69.2 Å². The first-order valence-corrected chi connectivity index (χ1v) is 10.7. The van der Waals surface area contributed by atoms with Crippen molar-refractivity contribution < 1.29 is 9.47 Å². The monoisotopic (exact) mass is 448 g/mol. The van der Waals surface area contributed by atoms with Crippen LogP contribution >= 0.6 is 27.7 Å². The lowest BCUT2D eigenvalue weighted by molar-refractivity contribution is 0.314. The fraction of sp³-hybridized carbons (Fsp3) is 0.300. The molecule has 0 atom stereocenters. The highest BCUT2D eigenvalue weighted by Gasteiger charge is 2.04. The van der Waals surface area contributed by atoms with Gasteiger partial charge in [0.15, 0.2) is 0 Å². The zero-order chi connectivity index (χ0) is 19.1. The fourth-order valence-corrected chi connectivity index (χ4v) is 3.49. The van der Waals surface area contributed by atoms with Gasteiger partial charge in [-0.05, 0) is 58.7 Å². The summed E-state index contributed by atoms with van der Waals surface area (Å²) in [5.74, 6) is 3.18. The molecular formula is C20H21BrN2O3S. The number of rotatable bonds is 9. The highest BCUT2D eigenvalue weighted by atomic mass is 79.9. The molecule has 0 saturated carbocycles. The van der Waals surface area contributed by atoms with E-state index in [0.29, 0.717) is 18.0 Å². The molecule has 0 aliphatic carbocycles. The van der Waals surface area contributed by atoms with Gasteiger partial charge in [0.1, 0.15) is 17.1 Å². The van der Waals surface area contributed by atoms with Crippen molar-refractivity contribution in [1.29, 1.82) is 0 Å². The van der Waals surface area contributed by atoms with Gasteiger partial charge in [-0.25, -0.2) is 4.98 Å². The number of hydrogen-bond donors (Lipinski definition) is 0. The minimum absolute atomic E-state index is 0.0708. The van der Waals surface area contributed by atoms with Gasteiger partial charge in [0.05, 0.1) is 18.9 Å².